The predicted octanol–water partition coefficient (Wildman–Crippen LogP) is 3.10. The standard InChI is InChI=1S/C20H28N6S2/c27-19(25-12-6-2-7-13-25)23-21-16-18(17-10-4-1-5-11-17)22-24-20(28)26-14-8-3-9-15-26/h1,4-5,10-11,16H,2-3,6-9,12-15H2,(H,23,27)(H,24,28)/b21-16+,22-18+. The van der Waals surface area contributed by atoms with Gasteiger partial charge in [0, 0.05) is 31.7 Å². The van der Waals surface area contributed by atoms with Crippen LogP contribution in [-0.4, -0.2) is 58.1 Å². The Balaban J connectivity index is 1.63. The highest BCUT2D eigenvalue weighted by molar-refractivity contribution is 7.80. The molecule has 1 aromatic carbocycles. The molecule has 0 atom stereocenters. The second-order valence-electron chi connectivity index (χ2n) is 7.05. The van der Waals surface area contributed by atoms with Crippen LogP contribution in [-0.2, 0) is 0 Å². The van der Waals surface area contributed by atoms with Crippen LogP contribution in [0.25, 0.3) is 0 Å². The van der Waals surface area contributed by atoms with E-state index in [4.69, 9.17) is 24.4 Å². The van der Waals surface area contributed by atoms with Crippen LogP contribution in [0, 0.1) is 0 Å². The summed E-state index contributed by atoms with van der Waals surface area (Å²) in [4.78, 5) is 4.34. The van der Waals surface area contributed by atoms with Crippen LogP contribution in [0.4, 0.5) is 0 Å². The third-order valence-corrected chi connectivity index (χ3v) is 5.67. The smallest absolute Gasteiger partial charge is 0.189 e. The van der Waals surface area contributed by atoms with Gasteiger partial charge in [0.2, 0.25) is 0 Å². The third-order valence-electron chi connectivity index (χ3n) is 4.98. The number of thiocarbonyl (C=S) groups is 2. The molecule has 28 heavy (non-hydrogen) atoms. The summed E-state index contributed by atoms with van der Waals surface area (Å²) in [5, 5.41) is 10.2. The summed E-state index contributed by atoms with van der Waals surface area (Å²) < 4.78 is 0. The summed E-state index contributed by atoms with van der Waals surface area (Å²) >= 11 is 11.0. The van der Waals surface area contributed by atoms with Crippen molar-refractivity contribution in [2.45, 2.75) is 38.5 Å². The van der Waals surface area contributed by atoms with E-state index >= 15 is 0 Å². The second kappa shape index (κ2) is 11.1. The lowest BCUT2D eigenvalue weighted by atomic mass is 10.1. The molecule has 2 aliphatic rings. The molecule has 8 heteroatoms. The molecule has 2 saturated heterocycles. The summed E-state index contributed by atoms with van der Waals surface area (Å²) in [6.45, 7) is 3.96. The van der Waals surface area contributed by atoms with Crippen molar-refractivity contribution >= 4 is 46.6 Å². The summed E-state index contributed by atoms with van der Waals surface area (Å²) in [6.07, 6.45) is 8.95. The molecule has 0 radical (unpaired) electrons. The number of hydrazone groups is 2. The van der Waals surface area contributed by atoms with Crippen molar-refractivity contribution < 1.29 is 0 Å². The fraction of sp³-hybridized carbons (Fsp3) is 0.500. The average molecular weight is 417 g/mol. The zero-order valence-electron chi connectivity index (χ0n) is 16.1. The van der Waals surface area contributed by atoms with Gasteiger partial charge in [0.15, 0.2) is 10.2 Å². The molecule has 0 unspecified atom stereocenters. The zero-order valence-corrected chi connectivity index (χ0v) is 17.8. The Morgan fingerprint density at radius 1 is 0.786 bits per heavy atom. The highest BCUT2D eigenvalue weighted by atomic mass is 32.1. The quantitative estimate of drug-likeness (QED) is 0.447. The number of rotatable bonds is 4. The highest BCUT2D eigenvalue weighted by Crippen LogP contribution is 2.09. The van der Waals surface area contributed by atoms with Crippen molar-refractivity contribution in [3.8, 4) is 0 Å². The van der Waals surface area contributed by atoms with Gasteiger partial charge < -0.3 is 9.80 Å². The van der Waals surface area contributed by atoms with Crippen LogP contribution in [0.1, 0.15) is 44.1 Å². The Labute approximate surface area is 178 Å². The molecule has 0 aromatic heterocycles. The fourth-order valence-electron chi connectivity index (χ4n) is 3.37. The van der Waals surface area contributed by atoms with E-state index in [1.54, 1.807) is 6.21 Å². The number of likely N-dealkylation sites (tertiary alicyclic amines) is 2. The van der Waals surface area contributed by atoms with Gasteiger partial charge in [-0.05, 0) is 63.0 Å². The lowest BCUT2D eigenvalue weighted by Crippen LogP contribution is -2.41. The Bertz CT molecular complexity index is 707. The maximum atomic E-state index is 5.50. The number of hydrogen-bond acceptors (Lipinski definition) is 4. The molecule has 0 saturated carbocycles. The lowest BCUT2D eigenvalue weighted by molar-refractivity contribution is 0.338. The maximum absolute atomic E-state index is 5.50. The Kier molecular flexibility index (Phi) is 8.17. The molecule has 1 aromatic rings. The van der Waals surface area contributed by atoms with Crippen molar-refractivity contribution in [1.29, 1.82) is 0 Å². The first-order valence-electron chi connectivity index (χ1n) is 10.00. The van der Waals surface area contributed by atoms with Crippen LogP contribution in [0.15, 0.2) is 40.5 Å². The molecule has 0 amide bonds. The van der Waals surface area contributed by atoms with E-state index in [1.165, 1.54) is 38.5 Å². The van der Waals surface area contributed by atoms with Gasteiger partial charge in [-0.1, -0.05) is 30.3 Å². The molecule has 6 nitrogen and oxygen atoms in total. The topological polar surface area (TPSA) is 55.3 Å². The van der Waals surface area contributed by atoms with E-state index in [2.05, 4.69) is 30.9 Å². The minimum atomic E-state index is 0.665. The normalized spacial score (nSPS) is 18.2. The molecule has 0 aliphatic carbocycles. The van der Waals surface area contributed by atoms with E-state index in [-0.39, 0.29) is 0 Å². The maximum Gasteiger partial charge on any atom is 0.189 e. The SMILES string of the molecule is S=C(N/N=C(\C=N\NC(=S)N1CCCCC1)c1ccccc1)N1CCCCC1. The van der Waals surface area contributed by atoms with Gasteiger partial charge in [-0.15, -0.1) is 0 Å². The molecule has 150 valence electrons. The third kappa shape index (κ3) is 6.24. The molecular formula is C20H28N6S2. The summed E-state index contributed by atoms with van der Waals surface area (Å²) in [5.41, 5.74) is 7.68. The van der Waals surface area contributed by atoms with Crippen LogP contribution in [0.2, 0.25) is 0 Å². The number of piperidine rings is 2. The fourth-order valence-corrected chi connectivity index (χ4v) is 3.83. The zero-order chi connectivity index (χ0) is 19.6. The van der Waals surface area contributed by atoms with Gasteiger partial charge in [0.05, 0.1) is 6.21 Å². The molecule has 0 spiro atoms. The largest absolute Gasteiger partial charge is 0.348 e. The Morgan fingerprint density at radius 2 is 1.32 bits per heavy atom. The van der Waals surface area contributed by atoms with Crippen LogP contribution >= 0.6 is 24.4 Å². The molecular weight excluding hydrogens is 388 g/mol. The van der Waals surface area contributed by atoms with Crippen molar-refractivity contribution in [1.82, 2.24) is 20.7 Å². The van der Waals surface area contributed by atoms with Gasteiger partial charge in [-0.25, -0.2) is 0 Å². The second-order valence-corrected chi connectivity index (χ2v) is 7.82. The monoisotopic (exact) mass is 416 g/mol. The number of benzene rings is 1. The lowest BCUT2D eigenvalue weighted by Gasteiger charge is -2.28. The predicted molar refractivity (Wildman–Crippen MR) is 124 cm³/mol. The van der Waals surface area contributed by atoms with Gasteiger partial charge in [-0.3, -0.25) is 10.9 Å². The first kappa shape index (κ1) is 20.7. The first-order chi connectivity index (χ1) is 13.7. The number of nitrogens with one attached hydrogen (secondary N) is 2. The van der Waals surface area contributed by atoms with E-state index in [0.717, 1.165) is 31.7 Å². The molecule has 0 bridgehead atoms. The molecule has 2 N–H and O–H groups in total. The van der Waals surface area contributed by atoms with Crippen molar-refractivity contribution in [2.75, 3.05) is 26.2 Å². The molecule has 2 fully saturated rings. The van der Waals surface area contributed by atoms with E-state index < -0.39 is 0 Å². The van der Waals surface area contributed by atoms with E-state index in [0.29, 0.717) is 15.9 Å². The van der Waals surface area contributed by atoms with Crippen molar-refractivity contribution in [2.24, 2.45) is 10.2 Å². The van der Waals surface area contributed by atoms with Gasteiger partial charge in [0.1, 0.15) is 5.71 Å². The van der Waals surface area contributed by atoms with E-state index in [1.807, 2.05) is 30.3 Å². The average Bonchev–Trinajstić information content (AvgIpc) is 2.77. The minimum Gasteiger partial charge on any atom is -0.348 e. The minimum absolute atomic E-state index is 0.665. The first-order valence-corrected chi connectivity index (χ1v) is 10.8. The van der Waals surface area contributed by atoms with Crippen LogP contribution in [0.3, 0.4) is 0 Å². The summed E-state index contributed by atoms with van der Waals surface area (Å²) in [5.74, 6) is 0. The molecule has 2 aliphatic heterocycles. The van der Waals surface area contributed by atoms with Crippen molar-refractivity contribution in [3.05, 3.63) is 35.9 Å². The summed E-state index contributed by atoms with van der Waals surface area (Å²) in [6, 6.07) is 9.94. The van der Waals surface area contributed by atoms with Gasteiger partial charge >= 0.3 is 0 Å². The number of nitrogens with zero attached hydrogens (tertiary/aromatic N) is 4. The Hall–Kier alpha value is -2.06. The van der Waals surface area contributed by atoms with Crippen LogP contribution in [0.5, 0.6) is 0 Å². The molecule has 3 rings (SSSR count). The summed E-state index contributed by atoms with van der Waals surface area (Å²) in [7, 11) is 0. The van der Waals surface area contributed by atoms with Crippen molar-refractivity contribution in [3.63, 3.8) is 0 Å². The van der Waals surface area contributed by atoms with Gasteiger partial charge in [-0.2, -0.15) is 10.2 Å². The van der Waals surface area contributed by atoms with E-state index in [9.17, 15) is 0 Å². The van der Waals surface area contributed by atoms with Gasteiger partial charge in [0.25, 0.3) is 0 Å². The Morgan fingerprint density at radius 3 is 1.89 bits per heavy atom. The van der Waals surface area contributed by atoms with Crippen LogP contribution < -0.4 is 10.9 Å². The highest BCUT2D eigenvalue weighted by Gasteiger charge is 2.14. The molecule has 2 heterocycles. The number of hydrogen-bond donors (Lipinski definition) is 2.